The van der Waals surface area contributed by atoms with Crippen LogP contribution in [-0.4, -0.2) is 20.8 Å². The smallest absolute Gasteiger partial charge is 0.420 e. The Labute approximate surface area is 65.9 Å². The van der Waals surface area contributed by atoms with Gasteiger partial charge in [0.1, 0.15) is 0 Å². The third kappa shape index (κ3) is 1.35. The third-order valence-electron chi connectivity index (χ3n) is 1.05. The zero-order valence-electron chi connectivity index (χ0n) is 5.27. The van der Waals surface area contributed by atoms with Crippen LogP contribution in [0.15, 0.2) is 17.1 Å². The van der Waals surface area contributed by atoms with E-state index in [0.717, 1.165) is 6.07 Å². The van der Waals surface area contributed by atoms with Crippen molar-refractivity contribution in [2.75, 3.05) is 0 Å². The number of hydrogen-bond donors (Lipinski definition) is 2. The zero-order valence-corrected chi connectivity index (χ0v) is 6.09. The molecule has 6 heteroatoms. The van der Waals surface area contributed by atoms with E-state index in [0.29, 0.717) is 4.57 Å². The van der Waals surface area contributed by atoms with Crippen LogP contribution in [0.4, 0.5) is 4.79 Å². The molecule has 0 aliphatic rings. The molecule has 5 nitrogen and oxygen atoms in total. The zero-order chi connectivity index (χ0) is 8.43. The fourth-order valence-corrected chi connectivity index (χ4v) is 0.841. The minimum absolute atomic E-state index is 0.120. The number of hydrogen-bond acceptors (Lipinski definition) is 3. The Balaban J connectivity index is 3.58. The molecule has 0 aliphatic heterocycles. The number of H-pyrrole nitrogens is 1. The fourth-order valence-electron chi connectivity index (χ4n) is 0.605. The number of nitrogens with one attached hydrogen (secondary N) is 1. The van der Waals surface area contributed by atoms with Gasteiger partial charge in [0, 0.05) is 12.3 Å². The van der Waals surface area contributed by atoms with Crippen LogP contribution in [0.25, 0.3) is 0 Å². The van der Waals surface area contributed by atoms with Crippen molar-refractivity contribution in [3.8, 4) is 0 Å². The first-order valence-corrected chi connectivity index (χ1v) is 3.08. The Morgan fingerprint density at radius 2 is 2.36 bits per heavy atom. The first kappa shape index (κ1) is 7.67. The van der Waals surface area contributed by atoms with E-state index in [1.807, 2.05) is 0 Å². The molecular formula is C5H4N2O3S. The molecular weight excluding hydrogens is 168 g/mol. The second-order valence-corrected chi connectivity index (χ2v) is 2.13. The molecule has 0 aromatic carbocycles. The van der Waals surface area contributed by atoms with Crippen LogP contribution in [0.3, 0.4) is 0 Å². The average Bonchev–Trinajstić information content (AvgIpc) is 1.85. The van der Waals surface area contributed by atoms with Crippen molar-refractivity contribution in [1.29, 1.82) is 0 Å². The number of carbonyl (C=O) groups is 1. The highest BCUT2D eigenvalue weighted by molar-refractivity contribution is 7.71. The van der Waals surface area contributed by atoms with Gasteiger partial charge in [-0.15, -0.1) is 0 Å². The highest BCUT2D eigenvalue weighted by atomic mass is 32.1. The van der Waals surface area contributed by atoms with Gasteiger partial charge >= 0.3 is 6.09 Å². The fraction of sp³-hybridized carbons (Fsp3) is 0. The van der Waals surface area contributed by atoms with Crippen LogP contribution < -0.4 is 5.56 Å². The summed E-state index contributed by atoms with van der Waals surface area (Å²) in [5.74, 6) is 0. The Morgan fingerprint density at radius 1 is 1.73 bits per heavy atom. The molecule has 0 unspecified atom stereocenters. The molecule has 2 N–H and O–H groups in total. The Hall–Kier alpha value is -1.43. The summed E-state index contributed by atoms with van der Waals surface area (Å²) in [5.41, 5.74) is -0.652. The Morgan fingerprint density at radius 3 is 2.73 bits per heavy atom. The van der Waals surface area contributed by atoms with Gasteiger partial charge in [0.15, 0.2) is 4.77 Å². The van der Waals surface area contributed by atoms with Gasteiger partial charge in [-0.3, -0.25) is 4.79 Å². The lowest BCUT2D eigenvalue weighted by molar-refractivity contribution is 0.194. The van der Waals surface area contributed by atoms with Crippen LogP contribution in [-0.2, 0) is 0 Å². The molecule has 0 amide bonds. The molecule has 0 bridgehead atoms. The van der Waals surface area contributed by atoms with Gasteiger partial charge in [-0.05, 0) is 12.2 Å². The summed E-state index contributed by atoms with van der Waals surface area (Å²) in [6, 6.07) is 1.09. The van der Waals surface area contributed by atoms with Gasteiger partial charge in [-0.1, -0.05) is 0 Å². The Bertz CT molecular complexity index is 363. The lowest BCUT2D eigenvalue weighted by Crippen LogP contribution is -2.26. The highest BCUT2D eigenvalue weighted by Crippen LogP contribution is 1.81. The standard InChI is InChI=1S/C5H4N2O3S/c8-3-1-2-6-4(11)7(3)5(9)10/h1-2H,(H,6,11)(H,9,10). The predicted molar refractivity (Wildman–Crippen MR) is 39.3 cm³/mol. The molecule has 1 aromatic rings. The van der Waals surface area contributed by atoms with Gasteiger partial charge in [0.2, 0.25) is 0 Å². The van der Waals surface area contributed by atoms with Crippen LogP contribution in [0.1, 0.15) is 0 Å². The minimum atomic E-state index is -1.38. The van der Waals surface area contributed by atoms with Crippen LogP contribution >= 0.6 is 12.2 Å². The third-order valence-corrected chi connectivity index (χ3v) is 1.35. The minimum Gasteiger partial charge on any atom is -0.464 e. The second kappa shape index (κ2) is 2.67. The summed E-state index contributed by atoms with van der Waals surface area (Å²) in [5, 5.41) is 8.42. The second-order valence-electron chi connectivity index (χ2n) is 1.74. The molecule has 0 fully saturated rings. The van der Waals surface area contributed by atoms with E-state index in [4.69, 9.17) is 5.11 Å². The van der Waals surface area contributed by atoms with E-state index < -0.39 is 11.7 Å². The molecule has 11 heavy (non-hydrogen) atoms. The molecule has 58 valence electrons. The topological polar surface area (TPSA) is 75.1 Å². The predicted octanol–water partition coefficient (Wildman–Crippen LogP) is 0.432. The summed E-state index contributed by atoms with van der Waals surface area (Å²) in [6.45, 7) is 0. The van der Waals surface area contributed by atoms with Crippen molar-refractivity contribution < 1.29 is 9.90 Å². The van der Waals surface area contributed by atoms with E-state index in [-0.39, 0.29) is 4.77 Å². The summed E-state index contributed by atoms with van der Waals surface area (Å²) in [4.78, 5) is 23.5. The van der Waals surface area contributed by atoms with Crippen LogP contribution in [0.2, 0.25) is 0 Å². The SMILES string of the molecule is O=C(O)n1c(=O)cc[nH]c1=S. The molecule has 0 aliphatic carbocycles. The van der Waals surface area contributed by atoms with Gasteiger partial charge in [0.05, 0.1) is 0 Å². The summed E-state index contributed by atoms with van der Waals surface area (Å²) >= 11 is 4.54. The Kier molecular flexibility index (Phi) is 1.86. The maximum Gasteiger partial charge on any atom is 0.420 e. The monoisotopic (exact) mass is 172 g/mol. The molecule has 0 saturated heterocycles. The molecule has 1 heterocycles. The van der Waals surface area contributed by atoms with Crippen molar-refractivity contribution >= 4 is 18.3 Å². The largest absolute Gasteiger partial charge is 0.464 e. The number of carboxylic acid groups (broad SMARTS) is 1. The molecule has 1 aromatic heterocycles. The number of aromatic nitrogens is 2. The van der Waals surface area contributed by atoms with E-state index in [9.17, 15) is 9.59 Å². The number of aromatic amines is 1. The van der Waals surface area contributed by atoms with Crippen molar-refractivity contribution in [2.45, 2.75) is 0 Å². The van der Waals surface area contributed by atoms with Gasteiger partial charge in [0.25, 0.3) is 5.56 Å². The maximum atomic E-state index is 10.8. The van der Waals surface area contributed by atoms with Crippen molar-refractivity contribution in [1.82, 2.24) is 9.55 Å². The lowest BCUT2D eigenvalue weighted by Gasteiger charge is -1.94. The molecule has 0 radical (unpaired) electrons. The van der Waals surface area contributed by atoms with E-state index in [1.165, 1.54) is 6.20 Å². The molecule has 0 atom stereocenters. The highest BCUT2D eigenvalue weighted by Gasteiger charge is 2.03. The van der Waals surface area contributed by atoms with Crippen LogP contribution in [0.5, 0.6) is 0 Å². The van der Waals surface area contributed by atoms with E-state index >= 15 is 0 Å². The van der Waals surface area contributed by atoms with E-state index in [1.54, 1.807) is 0 Å². The first-order valence-electron chi connectivity index (χ1n) is 2.67. The molecule has 0 saturated carbocycles. The first-order chi connectivity index (χ1) is 5.13. The summed E-state index contributed by atoms with van der Waals surface area (Å²) in [6.07, 6.45) is -0.0822. The van der Waals surface area contributed by atoms with E-state index in [2.05, 4.69) is 17.2 Å². The summed E-state index contributed by atoms with van der Waals surface area (Å²) < 4.78 is 0.333. The van der Waals surface area contributed by atoms with Gasteiger partial charge < -0.3 is 10.1 Å². The quantitative estimate of drug-likeness (QED) is 0.556. The average molecular weight is 172 g/mol. The lowest BCUT2D eigenvalue weighted by atomic mass is 10.6. The summed E-state index contributed by atoms with van der Waals surface area (Å²) in [7, 11) is 0. The maximum absolute atomic E-state index is 10.8. The van der Waals surface area contributed by atoms with Gasteiger partial charge in [-0.25, -0.2) is 4.79 Å². The number of rotatable bonds is 0. The molecule has 0 spiro atoms. The van der Waals surface area contributed by atoms with Crippen molar-refractivity contribution in [3.63, 3.8) is 0 Å². The van der Waals surface area contributed by atoms with Crippen LogP contribution in [0, 0.1) is 4.77 Å². The normalized spacial score (nSPS) is 9.45. The number of nitrogens with zero attached hydrogens (tertiary/aromatic N) is 1. The van der Waals surface area contributed by atoms with Crippen molar-refractivity contribution in [3.05, 3.63) is 27.4 Å². The van der Waals surface area contributed by atoms with Crippen molar-refractivity contribution in [2.24, 2.45) is 0 Å². The van der Waals surface area contributed by atoms with Gasteiger partial charge in [-0.2, -0.15) is 4.57 Å². The molecule has 1 rings (SSSR count).